The van der Waals surface area contributed by atoms with Crippen LogP contribution >= 0.6 is 11.3 Å². The molecule has 1 aromatic rings. The van der Waals surface area contributed by atoms with Crippen LogP contribution in [-0.4, -0.2) is 0 Å². The fourth-order valence-corrected chi connectivity index (χ4v) is 3.19. The molecule has 0 saturated heterocycles. The summed E-state index contributed by atoms with van der Waals surface area (Å²) in [4.78, 5) is 1.26. The molecule has 2 heteroatoms. The van der Waals surface area contributed by atoms with Gasteiger partial charge in [0.05, 0.1) is 11.5 Å². The minimum atomic E-state index is -0.161. The average molecular weight is 219 g/mol. The molecule has 15 heavy (non-hydrogen) atoms. The van der Waals surface area contributed by atoms with Crippen molar-refractivity contribution in [2.75, 3.05) is 0 Å². The molecule has 0 spiro atoms. The van der Waals surface area contributed by atoms with Crippen molar-refractivity contribution in [2.24, 2.45) is 11.3 Å². The molecule has 0 aliphatic heterocycles. The quantitative estimate of drug-likeness (QED) is 0.701. The van der Waals surface area contributed by atoms with Gasteiger partial charge in [-0.25, -0.2) is 0 Å². The highest BCUT2D eigenvalue weighted by Crippen LogP contribution is 2.54. The predicted octanol–water partition coefficient (Wildman–Crippen LogP) is 3.97. The summed E-state index contributed by atoms with van der Waals surface area (Å²) in [5.41, 5.74) is 0.184. The van der Waals surface area contributed by atoms with E-state index in [9.17, 15) is 5.26 Å². The smallest absolute Gasteiger partial charge is 0.0920 e. The second-order valence-electron chi connectivity index (χ2n) is 5.64. The summed E-state index contributed by atoms with van der Waals surface area (Å²) in [5.74, 6) is 0.694. The minimum Gasteiger partial charge on any atom is -0.197 e. The van der Waals surface area contributed by atoms with E-state index in [4.69, 9.17) is 0 Å². The van der Waals surface area contributed by atoms with Crippen molar-refractivity contribution in [3.05, 3.63) is 22.4 Å². The van der Waals surface area contributed by atoms with Gasteiger partial charge in [0.1, 0.15) is 0 Å². The first-order valence-electron chi connectivity index (χ1n) is 5.43. The molecule has 1 aliphatic rings. The lowest BCUT2D eigenvalue weighted by atomic mass is 9.55. The number of nitriles is 1. The van der Waals surface area contributed by atoms with Crippen molar-refractivity contribution in [3.8, 4) is 6.07 Å². The third-order valence-electron chi connectivity index (χ3n) is 3.62. The van der Waals surface area contributed by atoms with E-state index in [1.807, 2.05) is 6.07 Å². The molecule has 0 unspecified atom stereocenters. The van der Waals surface area contributed by atoms with Crippen LogP contribution in [0.1, 0.15) is 38.5 Å². The molecule has 1 saturated carbocycles. The van der Waals surface area contributed by atoms with E-state index in [0.29, 0.717) is 11.3 Å². The fourth-order valence-electron chi connectivity index (χ4n) is 2.29. The number of thiophene rings is 1. The largest absolute Gasteiger partial charge is 0.197 e. The monoisotopic (exact) mass is 219 g/mol. The van der Waals surface area contributed by atoms with Crippen LogP contribution in [0, 0.1) is 22.7 Å². The molecule has 1 heterocycles. The first-order valence-corrected chi connectivity index (χ1v) is 6.31. The van der Waals surface area contributed by atoms with Crippen molar-refractivity contribution in [1.82, 2.24) is 0 Å². The number of hydrogen-bond donors (Lipinski definition) is 0. The third-order valence-corrected chi connectivity index (χ3v) is 4.70. The van der Waals surface area contributed by atoms with Gasteiger partial charge >= 0.3 is 0 Å². The van der Waals surface area contributed by atoms with E-state index in [2.05, 4.69) is 38.3 Å². The molecule has 0 N–H and O–H groups in total. The topological polar surface area (TPSA) is 23.8 Å². The Morgan fingerprint density at radius 1 is 1.47 bits per heavy atom. The van der Waals surface area contributed by atoms with Crippen LogP contribution in [0.2, 0.25) is 0 Å². The molecule has 1 aromatic heterocycles. The van der Waals surface area contributed by atoms with E-state index in [-0.39, 0.29) is 5.41 Å². The molecule has 0 atom stereocenters. The second kappa shape index (κ2) is 3.35. The third kappa shape index (κ3) is 1.70. The van der Waals surface area contributed by atoms with Crippen LogP contribution in [0.3, 0.4) is 0 Å². The Morgan fingerprint density at radius 2 is 2.13 bits per heavy atom. The highest BCUT2D eigenvalue weighted by molar-refractivity contribution is 7.10. The Morgan fingerprint density at radius 3 is 2.53 bits per heavy atom. The Balaban J connectivity index is 2.16. The number of rotatable bonds is 1. The Labute approximate surface area is 95.7 Å². The molecule has 0 aromatic carbocycles. The standard InChI is InChI=1S/C13H17NS/c1-12(2,3)10-7-13(8-10,9-14)11-5-4-6-15-11/h4-6,10H,7-8H2,1-3H3. The minimum absolute atomic E-state index is 0.161. The summed E-state index contributed by atoms with van der Waals surface area (Å²) in [6, 6.07) is 6.68. The fraction of sp³-hybridized carbons (Fsp3) is 0.615. The van der Waals surface area contributed by atoms with Crippen molar-refractivity contribution < 1.29 is 0 Å². The van der Waals surface area contributed by atoms with Crippen molar-refractivity contribution in [2.45, 2.75) is 39.0 Å². The Kier molecular flexibility index (Phi) is 2.39. The Hall–Kier alpha value is -0.810. The van der Waals surface area contributed by atoms with E-state index in [0.717, 1.165) is 12.8 Å². The molecule has 2 rings (SSSR count). The first kappa shape index (κ1) is 10.7. The maximum absolute atomic E-state index is 9.35. The predicted molar refractivity (Wildman–Crippen MR) is 63.8 cm³/mol. The van der Waals surface area contributed by atoms with Crippen molar-refractivity contribution >= 4 is 11.3 Å². The maximum atomic E-state index is 9.35. The summed E-state index contributed by atoms with van der Waals surface area (Å²) in [7, 11) is 0. The van der Waals surface area contributed by atoms with Crippen LogP contribution in [0.25, 0.3) is 0 Å². The lowest BCUT2D eigenvalue weighted by Gasteiger charge is -2.48. The van der Waals surface area contributed by atoms with E-state index in [1.54, 1.807) is 11.3 Å². The summed E-state index contributed by atoms with van der Waals surface area (Å²) in [5, 5.41) is 11.4. The van der Waals surface area contributed by atoms with Crippen LogP contribution in [0.5, 0.6) is 0 Å². The molecule has 0 amide bonds. The highest BCUT2D eigenvalue weighted by atomic mass is 32.1. The molecular formula is C13H17NS. The lowest BCUT2D eigenvalue weighted by Crippen LogP contribution is -2.45. The van der Waals surface area contributed by atoms with Crippen LogP contribution in [-0.2, 0) is 5.41 Å². The van der Waals surface area contributed by atoms with Gasteiger partial charge in [0.2, 0.25) is 0 Å². The highest BCUT2D eigenvalue weighted by Gasteiger charge is 2.50. The summed E-state index contributed by atoms with van der Waals surface area (Å²) in [6.07, 6.45) is 2.07. The van der Waals surface area contributed by atoms with E-state index in [1.165, 1.54) is 4.88 Å². The number of hydrogen-bond acceptors (Lipinski definition) is 2. The van der Waals surface area contributed by atoms with Gasteiger partial charge in [-0.2, -0.15) is 5.26 Å². The van der Waals surface area contributed by atoms with Gasteiger partial charge in [-0.3, -0.25) is 0 Å². The zero-order valence-electron chi connectivity index (χ0n) is 9.58. The molecule has 0 radical (unpaired) electrons. The zero-order valence-corrected chi connectivity index (χ0v) is 10.4. The van der Waals surface area contributed by atoms with Crippen LogP contribution in [0.15, 0.2) is 17.5 Å². The van der Waals surface area contributed by atoms with Gasteiger partial charge in [-0.15, -0.1) is 11.3 Å². The van der Waals surface area contributed by atoms with Gasteiger partial charge < -0.3 is 0 Å². The molecular weight excluding hydrogens is 202 g/mol. The van der Waals surface area contributed by atoms with Gasteiger partial charge in [0.25, 0.3) is 0 Å². The molecule has 1 aliphatic carbocycles. The summed E-state index contributed by atoms with van der Waals surface area (Å²) >= 11 is 1.72. The van der Waals surface area contributed by atoms with E-state index < -0.39 is 0 Å². The van der Waals surface area contributed by atoms with E-state index >= 15 is 0 Å². The number of nitrogens with zero attached hydrogens (tertiary/aromatic N) is 1. The van der Waals surface area contributed by atoms with Gasteiger partial charge in [-0.1, -0.05) is 26.8 Å². The van der Waals surface area contributed by atoms with Gasteiger partial charge in [-0.05, 0) is 35.6 Å². The SMILES string of the molecule is CC(C)(C)C1CC(C#N)(c2cccs2)C1. The first-order chi connectivity index (χ1) is 6.98. The molecule has 0 bridgehead atoms. The van der Waals surface area contributed by atoms with Gasteiger partial charge in [0.15, 0.2) is 0 Å². The molecule has 1 nitrogen and oxygen atoms in total. The molecule has 1 fully saturated rings. The maximum Gasteiger partial charge on any atom is 0.0920 e. The zero-order chi connectivity index (χ0) is 11.1. The van der Waals surface area contributed by atoms with Crippen molar-refractivity contribution in [1.29, 1.82) is 5.26 Å². The van der Waals surface area contributed by atoms with Gasteiger partial charge in [0, 0.05) is 4.88 Å². The van der Waals surface area contributed by atoms with Crippen molar-refractivity contribution in [3.63, 3.8) is 0 Å². The van der Waals surface area contributed by atoms with Crippen LogP contribution < -0.4 is 0 Å². The van der Waals surface area contributed by atoms with Crippen LogP contribution in [0.4, 0.5) is 0 Å². The Bertz CT molecular complexity index is 372. The second-order valence-corrected chi connectivity index (χ2v) is 6.59. The average Bonchev–Trinajstić information content (AvgIpc) is 2.54. The normalized spacial score (nSPS) is 30.7. The summed E-state index contributed by atoms with van der Waals surface area (Å²) in [6.45, 7) is 6.81. The molecule has 80 valence electrons. The summed E-state index contributed by atoms with van der Waals surface area (Å²) < 4.78 is 0. The lowest BCUT2D eigenvalue weighted by molar-refractivity contribution is 0.0802.